The standard InChI is InChI=1S/C22H33N5O3S/c1-16(2)13-25-14-19-26(18(21(25)29)10-11-31-4)20(28)15-24(3)27(19)22(30)23-12-17-8-6-5-7-9-17/h5-9,16,18-19H,10-15H2,1-4H3,(H,23,30)/t18-,19?/m0/s1. The molecule has 2 aliphatic rings. The normalized spacial score (nSPS) is 22.2. The minimum absolute atomic E-state index is 0.0125. The van der Waals surface area contributed by atoms with Gasteiger partial charge in [-0.15, -0.1) is 0 Å². The van der Waals surface area contributed by atoms with Gasteiger partial charge in [0.25, 0.3) is 0 Å². The Labute approximate surface area is 188 Å². The molecular weight excluding hydrogens is 414 g/mol. The lowest BCUT2D eigenvalue weighted by atomic mass is 10.0. The molecule has 1 aromatic rings. The molecule has 9 heteroatoms. The highest BCUT2D eigenvalue weighted by atomic mass is 32.2. The average Bonchev–Trinajstić information content (AvgIpc) is 2.73. The molecule has 0 spiro atoms. The summed E-state index contributed by atoms with van der Waals surface area (Å²) < 4.78 is 0. The van der Waals surface area contributed by atoms with Crippen LogP contribution in [-0.4, -0.2) is 88.6 Å². The number of hydrogen-bond acceptors (Lipinski definition) is 5. The molecule has 8 nitrogen and oxygen atoms in total. The summed E-state index contributed by atoms with van der Waals surface area (Å²) in [6.07, 6.45) is 2.07. The Morgan fingerprint density at radius 1 is 1.23 bits per heavy atom. The Kier molecular flexibility index (Phi) is 7.83. The van der Waals surface area contributed by atoms with E-state index in [0.717, 1.165) is 11.3 Å². The van der Waals surface area contributed by atoms with E-state index in [1.807, 2.05) is 41.5 Å². The number of carbonyl (C=O) groups is 3. The van der Waals surface area contributed by atoms with Crippen molar-refractivity contribution in [1.29, 1.82) is 0 Å². The molecule has 2 fully saturated rings. The molecule has 0 radical (unpaired) electrons. The van der Waals surface area contributed by atoms with Crippen molar-refractivity contribution >= 4 is 29.6 Å². The van der Waals surface area contributed by atoms with Crippen LogP contribution < -0.4 is 5.32 Å². The number of rotatable bonds is 7. The first-order chi connectivity index (χ1) is 14.8. The van der Waals surface area contributed by atoms with Gasteiger partial charge in [0.05, 0.1) is 13.1 Å². The number of hydrogen-bond donors (Lipinski definition) is 1. The fourth-order valence-electron chi connectivity index (χ4n) is 4.27. The second-order valence-corrected chi connectivity index (χ2v) is 9.51. The van der Waals surface area contributed by atoms with Gasteiger partial charge >= 0.3 is 6.03 Å². The van der Waals surface area contributed by atoms with Crippen LogP contribution in [0.5, 0.6) is 0 Å². The van der Waals surface area contributed by atoms with Crippen LogP contribution in [0.25, 0.3) is 0 Å². The van der Waals surface area contributed by atoms with Crippen molar-refractivity contribution in [1.82, 2.24) is 25.1 Å². The van der Waals surface area contributed by atoms with Crippen LogP contribution >= 0.6 is 11.8 Å². The quantitative estimate of drug-likeness (QED) is 0.690. The van der Waals surface area contributed by atoms with Gasteiger partial charge in [0.15, 0.2) is 0 Å². The largest absolute Gasteiger partial charge is 0.337 e. The van der Waals surface area contributed by atoms with Crippen molar-refractivity contribution in [2.24, 2.45) is 5.92 Å². The monoisotopic (exact) mass is 447 g/mol. The molecule has 2 aliphatic heterocycles. The van der Waals surface area contributed by atoms with Crippen molar-refractivity contribution in [2.75, 3.05) is 38.7 Å². The number of fused-ring (bicyclic) bond motifs is 1. The summed E-state index contributed by atoms with van der Waals surface area (Å²) in [6.45, 7) is 5.54. The predicted molar refractivity (Wildman–Crippen MR) is 122 cm³/mol. The molecule has 2 heterocycles. The molecule has 31 heavy (non-hydrogen) atoms. The summed E-state index contributed by atoms with van der Waals surface area (Å²) in [7, 11) is 1.75. The maximum atomic E-state index is 13.2. The Balaban J connectivity index is 1.84. The van der Waals surface area contributed by atoms with E-state index in [9.17, 15) is 14.4 Å². The number of urea groups is 1. The first kappa shape index (κ1) is 23.4. The van der Waals surface area contributed by atoms with Crippen molar-refractivity contribution in [2.45, 2.75) is 39.0 Å². The second-order valence-electron chi connectivity index (χ2n) is 8.52. The zero-order valence-electron chi connectivity index (χ0n) is 18.8. The summed E-state index contributed by atoms with van der Waals surface area (Å²) in [5.41, 5.74) is 1.00. The number of piperazine rings is 1. The minimum atomic E-state index is -0.532. The van der Waals surface area contributed by atoms with E-state index in [0.29, 0.717) is 32.0 Å². The van der Waals surface area contributed by atoms with Crippen LogP contribution in [0.15, 0.2) is 30.3 Å². The Hall–Kier alpha value is -2.26. The first-order valence-electron chi connectivity index (χ1n) is 10.7. The maximum absolute atomic E-state index is 13.2. The predicted octanol–water partition coefficient (Wildman–Crippen LogP) is 1.83. The Bertz CT molecular complexity index is 791. The van der Waals surface area contributed by atoms with Gasteiger partial charge in [-0.3, -0.25) is 9.59 Å². The summed E-state index contributed by atoms with van der Waals surface area (Å²) in [5, 5.41) is 6.24. The van der Waals surface area contributed by atoms with Gasteiger partial charge < -0.3 is 15.1 Å². The molecule has 1 unspecified atom stereocenters. The van der Waals surface area contributed by atoms with E-state index in [4.69, 9.17) is 0 Å². The topological polar surface area (TPSA) is 76.2 Å². The number of thioether (sulfide) groups is 1. The van der Waals surface area contributed by atoms with Crippen LogP contribution in [0.3, 0.4) is 0 Å². The molecule has 2 atom stereocenters. The summed E-state index contributed by atoms with van der Waals surface area (Å²) in [5.74, 6) is 0.956. The van der Waals surface area contributed by atoms with Gasteiger partial charge in [-0.05, 0) is 29.9 Å². The average molecular weight is 448 g/mol. The lowest BCUT2D eigenvalue weighted by molar-refractivity contribution is -0.187. The SMILES string of the molecule is CSCC[C@H]1C(=O)N(CC(C)C)CC2N1C(=O)CN(C)N2C(=O)NCc1ccccc1. The fraction of sp³-hybridized carbons (Fsp3) is 0.591. The molecule has 0 saturated carbocycles. The van der Waals surface area contributed by atoms with Gasteiger partial charge in [-0.25, -0.2) is 14.8 Å². The summed E-state index contributed by atoms with van der Waals surface area (Å²) in [6, 6.07) is 8.91. The number of nitrogens with zero attached hydrogens (tertiary/aromatic N) is 4. The van der Waals surface area contributed by atoms with E-state index < -0.39 is 12.2 Å². The zero-order valence-corrected chi connectivity index (χ0v) is 19.6. The molecule has 3 rings (SSSR count). The number of carbonyl (C=O) groups excluding carboxylic acids is 3. The molecule has 0 aromatic heterocycles. The highest BCUT2D eigenvalue weighted by Gasteiger charge is 2.50. The van der Waals surface area contributed by atoms with Crippen molar-refractivity contribution in [3.05, 3.63) is 35.9 Å². The molecule has 170 valence electrons. The first-order valence-corrected chi connectivity index (χ1v) is 12.1. The molecular formula is C22H33N5O3S. The summed E-state index contributed by atoms with van der Waals surface area (Å²) >= 11 is 1.65. The van der Waals surface area contributed by atoms with Crippen LogP contribution in [0.2, 0.25) is 0 Å². The third kappa shape index (κ3) is 5.33. The Morgan fingerprint density at radius 2 is 1.94 bits per heavy atom. The Morgan fingerprint density at radius 3 is 2.58 bits per heavy atom. The smallest absolute Gasteiger partial charge is 0.334 e. The fourth-order valence-corrected chi connectivity index (χ4v) is 4.73. The van der Waals surface area contributed by atoms with Gasteiger partial charge in [0, 0.05) is 20.1 Å². The van der Waals surface area contributed by atoms with Crippen LogP contribution in [-0.2, 0) is 16.1 Å². The zero-order chi connectivity index (χ0) is 22.5. The van der Waals surface area contributed by atoms with Gasteiger partial charge in [0.1, 0.15) is 12.2 Å². The van der Waals surface area contributed by atoms with Gasteiger partial charge in [-0.1, -0.05) is 44.2 Å². The van der Waals surface area contributed by atoms with E-state index in [-0.39, 0.29) is 24.4 Å². The summed E-state index contributed by atoms with van der Waals surface area (Å²) in [4.78, 5) is 42.9. The molecule has 0 aliphatic carbocycles. The third-order valence-electron chi connectivity index (χ3n) is 5.62. The maximum Gasteiger partial charge on any atom is 0.334 e. The molecule has 4 amide bonds. The lowest BCUT2D eigenvalue weighted by Gasteiger charge is -2.54. The number of hydrazine groups is 1. The van der Waals surface area contributed by atoms with E-state index >= 15 is 0 Å². The van der Waals surface area contributed by atoms with E-state index in [2.05, 4.69) is 19.2 Å². The van der Waals surface area contributed by atoms with Crippen molar-refractivity contribution in [3.63, 3.8) is 0 Å². The molecule has 1 aromatic carbocycles. The highest BCUT2D eigenvalue weighted by molar-refractivity contribution is 7.98. The number of likely N-dealkylation sites (N-methyl/N-ethyl adjacent to an activating group) is 1. The van der Waals surface area contributed by atoms with E-state index in [1.54, 1.807) is 33.7 Å². The van der Waals surface area contributed by atoms with Gasteiger partial charge in [-0.2, -0.15) is 11.8 Å². The number of amides is 4. The number of benzene rings is 1. The van der Waals surface area contributed by atoms with Crippen molar-refractivity contribution < 1.29 is 14.4 Å². The number of nitrogens with one attached hydrogen (secondary N) is 1. The molecule has 0 bridgehead atoms. The minimum Gasteiger partial charge on any atom is -0.337 e. The van der Waals surface area contributed by atoms with Crippen LogP contribution in [0, 0.1) is 5.92 Å². The molecule has 1 N–H and O–H groups in total. The van der Waals surface area contributed by atoms with E-state index in [1.165, 1.54) is 0 Å². The highest BCUT2D eigenvalue weighted by Crippen LogP contribution is 2.28. The van der Waals surface area contributed by atoms with Gasteiger partial charge in [0.2, 0.25) is 11.8 Å². The lowest BCUT2D eigenvalue weighted by Crippen LogP contribution is -2.76. The van der Waals surface area contributed by atoms with Crippen LogP contribution in [0.4, 0.5) is 4.79 Å². The van der Waals surface area contributed by atoms with Crippen LogP contribution in [0.1, 0.15) is 25.8 Å². The third-order valence-corrected chi connectivity index (χ3v) is 6.26. The second kappa shape index (κ2) is 10.4. The van der Waals surface area contributed by atoms with Crippen molar-refractivity contribution in [3.8, 4) is 0 Å². The molecule has 2 saturated heterocycles.